The second kappa shape index (κ2) is 4.69. The van der Waals surface area contributed by atoms with Gasteiger partial charge in [-0.1, -0.05) is 12.1 Å². The van der Waals surface area contributed by atoms with Crippen LogP contribution >= 0.6 is 0 Å². The van der Waals surface area contributed by atoms with Gasteiger partial charge in [0, 0.05) is 6.20 Å². The highest BCUT2D eigenvalue weighted by molar-refractivity contribution is 6.04. The van der Waals surface area contributed by atoms with E-state index in [4.69, 9.17) is 0 Å². The molecule has 5 nitrogen and oxygen atoms in total. The van der Waals surface area contributed by atoms with E-state index in [1.54, 1.807) is 18.2 Å². The van der Waals surface area contributed by atoms with Gasteiger partial charge >= 0.3 is 0 Å². The van der Waals surface area contributed by atoms with Crippen LogP contribution in [0.5, 0.6) is 0 Å². The van der Waals surface area contributed by atoms with Gasteiger partial charge < -0.3 is 4.98 Å². The number of halogens is 2. The number of aromatic amines is 1. The molecule has 0 saturated carbocycles. The number of rotatable bonds is 2. The molecule has 1 amide bonds. The molecule has 0 radical (unpaired) electrons. The van der Waals surface area contributed by atoms with Crippen molar-refractivity contribution in [2.45, 2.75) is 0 Å². The van der Waals surface area contributed by atoms with Gasteiger partial charge in [0.1, 0.15) is 0 Å². The number of pyridine rings is 1. The van der Waals surface area contributed by atoms with Crippen LogP contribution < -0.4 is 5.32 Å². The van der Waals surface area contributed by atoms with Crippen LogP contribution in [0.3, 0.4) is 0 Å². The van der Waals surface area contributed by atoms with Gasteiger partial charge in [0.2, 0.25) is 11.9 Å². The lowest BCUT2D eigenvalue weighted by atomic mass is 10.2. The fourth-order valence-electron chi connectivity index (χ4n) is 1.78. The predicted octanol–water partition coefficient (Wildman–Crippen LogP) is 2.49. The molecule has 0 saturated heterocycles. The monoisotopic (exact) mass is 274 g/mol. The Kier molecular flexibility index (Phi) is 2.86. The summed E-state index contributed by atoms with van der Waals surface area (Å²) < 4.78 is 26.4. The highest BCUT2D eigenvalue weighted by atomic mass is 19.2. The van der Waals surface area contributed by atoms with Crippen molar-refractivity contribution in [1.29, 1.82) is 0 Å². The van der Waals surface area contributed by atoms with Crippen molar-refractivity contribution in [2.24, 2.45) is 0 Å². The summed E-state index contributed by atoms with van der Waals surface area (Å²) in [7, 11) is 0. The smallest absolute Gasteiger partial charge is 0.261 e. The lowest BCUT2D eigenvalue weighted by molar-refractivity contribution is 0.102. The van der Waals surface area contributed by atoms with E-state index in [1.807, 2.05) is 6.07 Å². The van der Waals surface area contributed by atoms with E-state index in [0.717, 1.165) is 17.8 Å². The number of anilines is 1. The van der Waals surface area contributed by atoms with Gasteiger partial charge in [0.05, 0.1) is 16.6 Å². The zero-order valence-corrected chi connectivity index (χ0v) is 10.0. The summed E-state index contributed by atoms with van der Waals surface area (Å²) in [6.45, 7) is 0. The van der Waals surface area contributed by atoms with Crippen molar-refractivity contribution in [1.82, 2.24) is 15.0 Å². The van der Waals surface area contributed by atoms with Gasteiger partial charge in [-0.2, -0.15) is 4.39 Å². The second-order valence-electron chi connectivity index (χ2n) is 4.02. The highest BCUT2D eigenvalue weighted by Gasteiger charge is 2.17. The van der Waals surface area contributed by atoms with Gasteiger partial charge in [0.15, 0.2) is 5.82 Å². The van der Waals surface area contributed by atoms with E-state index in [-0.39, 0.29) is 5.95 Å². The Labute approximate surface area is 111 Å². The first-order chi connectivity index (χ1) is 9.65. The molecule has 0 aliphatic rings. The van der Waals surface area contributed by atoms with Gasteiger partial charge in [-0.05, 0) is 18.2 Å². The average Bonchev–Trinajstić information content (AvgIpc) is 2.83. The largest absolute Gasteiger partial charge is 0.324 e. The Bertz CT molecular complexity index is 767. The van der Waals surface area contributed by atoms with Crippen LogP contribution in [-0.4, -0.2) is 20.9 Å². The van der Waals surface area contributed by atoms with E-state index >= 15 is 0 Å². The van der Waals surface area contributed by atoms with Gasteiger partial charge in [-0.25, -0.2) is 14.4 Å². The number of imidazole rings is 1. The minimum Gasteiger partial charge on any atom is -0.324 e. The molecular weight excluding hydrogens is 266 g/mol. The Morgan fingerprint density at radius 2 is 2.00 bits per heavy atom. The number of carbonyl (C=O) groups is 1. The number of hydrogen-bond acceptors (Lipinski definition) is 3. The first-order valence-corrected chi connectivity index (χ1v) is 5.71. The zero-order chi connectivity index (χ0) is 14.1. The summed E-state index contributed by atoms with van der Waals surface area (Å²) >= 11 is 0. The standard InChI is InChI=1S/C13H8F2N4O/c14-10-7(5-6-16-11(10)15)12(20)19-13-17-8-3-1-2-4-9(8)18-13/h1-6H,(H2,17,18,19,20). The maximum Gasteiger partial charge on any atom is 0.261 e. The third-order valence-electron chi connectivity index (χ3n) is 2.71. The Morgan fingerprint density at radius 3 is 2.80 bits per heavy atom. The first kappa shape index (κ1) is 12.2. The van der Waals surface area contributed by atoms with Crippen molar-refractivity contribution in [3.05, 3.63) is 53.9 Å². The molecule has 2 N–H and O–H groups in total. The van der Waals surface area contributed by atoms with E-state index in [9.17, 15) is 13.6 Å². The lowest BCUT2D eigenvalue weighted by Gasteiger charge is -2.02. The quantitative estimate of drug-likeness (QED) is 0.705. The molecule has 3 aromatic rings. The molecule has 0 aliphatic carbocycles. The maximum atomic E-state index is 13.4. The topological polar surface area (TPSA) is 70.7 Å². The van der Waals surface area contributed by atoms with Gasteiger partial charge in [-0.15, -0.1) is 0 Å². The number of carbonyl (C=O) groups excluding carboxylic acids is 1. The molecule has 2 aromatic heterocycles. The summed E-state index contributed by atoms with van der Waals surface area (Å²) in [5.41, 5.74) is 0.950. The molecule has 7 heteroatoms. The molecule has 0 unspecified atom stereocenters. The molecule has 0 spiro atoms. The number of nitrogens with one attached hydrogen (secondary N) is 2. The Hall–Kier alpha value is -2.83. The van der Waals surface area contributed by atoms with E-state index in [2.05, 4.69) is 20.3 Å². The first-order valence-electron chi connectivity index (χ1n) is 5.71. The maximum absolute atomic E-state index is 13.4. The van der Waals surface area contributed by atoms with E-state index in [1.165, 1.54) is 0 Å². The summed E-state index contributed by atoms with van der Waals surface area (Å²) in [5.74, 6) is -3.25. The number of hydrogen-bond donors (Lipinski definition) is 2. The molecule has 1 aromatic carbocycles. The molecular formula is C13H8F2N4O. The van der Waals surface area contributed by atoms with E-state index < -0.39 is 23.2 Å². The Morgan fingerprint density at radius 1 is 1.20 bits per heavy atom. The van der Waals surface area contributed by atoms with Crippen molar-refractivity contribution in [3.63, 3.8) is 0 Å². The fraction of sp³-hybridized carbons (Fsp3) is 0. The average molecular weight is 274 g/mol. The van der Waals surface area contributed by atoms with Crippen molar-refractivity contribution in [2.75, 3.05) is 5.32 Å². The molecule has 2 heterocycles. The van der Waals surface area contributed by atoms with Crippen LogP contribution in [0.4, 0.5) is 14.7 Å². The predicted molar refractivity (Wildman–Crippen MR) is 68.2 cm³/mol. The van der Waals surface area contributed by atoms with Gasteiger partial charge in [-0.3, -0.25) is 10.1 Å². The lowest BCUT2D eigenvalue weighted by Crippen LogP contribution is -2.15. The molecule has 0 atom stereocenters. The molecule has 20 heavy (non-hydrogen) atoms. The summed E-state index contributed by atoms with van der Waals surface area (Å²) in [6.07, 6.45) is 1.02. The minimum absolute atomic E-state index is 0.160. The number of para-hydroxylation sites is 2. The number of aromatic nitrogens is 3. The SMILES string of the molecule is O=C(Nc1nc2ccccc2[nH]1)c1ccnc(F)c1F. The third kappa shape index (κ3) is 2.09. The van der Waals surface area contributed by atoms with Crippen LogP contribution in [0.2, 0.25) is 0 Å². The highest BCUT2D eigenvalue weighted by Crippen LogP contribution is 2.15. The Balaban J connectivity index is 1.90. The molecule has 3 rings (SSSR count). The fourth-order valence-corrected chi connectivity index (χ4v) is 1.78. The van der Waals surface area contributed by atoms with Crippen molar-refractivity contribution in [3.8, 4) is 0 Å². The second-order valence-corrected chi connectivity index (χ2v) is 4.02. The van der Waals surface area contributed by atoms with Crippen molar-refractivity contribution < 1.29 is 13.6 Å². The molecule has 100 valence electrons. The van der Waals surface area contributed by atoms with Crippen LogP contribution in [0, 0.1) is 11.8 Å². The molecule has 0 bridgehead atoms. The number of benzene rings is 1. The normalized spacial score (nSPS) is 10.7. The minimum atomic E-state index is -1.32. The number of amides is 1. The van der Waals surface area contributed by atoms with Gasteiger partial charge in [0.25, 0.3) is 5.91 Å². The summed E-state index contributed by atoms with van der Waals surface area (Å²) in [5, 5.41) is 2.38. The molecule has 0 fully saturated rings. The number of H-pyrrole nitrogens is 1. The third-order valence-corrected chi connectivity index (χ3v) is 2.71. The molecule has 0 aliphatic heterocycles. The summed E-state index contributed by atoms with van der Waals surface area (Å²) in [6, 6.07) is 8.24. The van der Waals surface area contributed by atoms with Crippen molar-refractivity contribution >= 4 is 22.9 Å². The van der Waals surface area contributed by atoms with Crippen LogP contribution in [-0.2, 0) is 0 Å². The summed E-state index contributed by atoms with van der Waals surface area (Å²) in [4.78, 5) is 21.9. The van der Waals surface area contributed by atoms with Crippen LogP contribution in [0.15, 0.2) is 36.5 Å². The zero-order valence-electron chi connectivity index (χ0n) is 10.0. The van der Waals surface area contributed by atoms with Crippen LogP contribution in [0.25, 0.3) is 11.0 Å². The number of fused-ring (bicyclic) bond motifs is 1. The van der Waals surface area contributed by atoms with E-state index in [0.29, 0.717) is 5.52 Å². The number of nitrogens with zero attached hydrogens (tertiary/aromatic N) is 2. The van der Waals surface area contributed by atoms with Crippen LogP contribution in [0.1, 0.15) is 10.4 Å².